The fourth-order valence-electron chi connectivity index (χ4n) is 2.60. The van der Waals surface area contributed by atoms with Crippen molar-refractivity contribution in [1.82, 2.24) is 9.80 Å². The largest absolute Gasteiger partial charge is 0.467 e. The average molecular weight is 333 g/mol. The molecule has 7 heteroatoms. The number of hydrogen-bond donors (Lipinski definition) is 1. The van der Waals surface area contributed by atoms with Crippen LogP contribution in [0.25, 0.3) is 0 Å². The number of nitrogens with two attached hydrogens (primary N) is 1. The Morgan fingerprint density at radius 1 is 1.17 bits per heavy atom. The monoisotopic (exact) mass is 333 g/mol. The van der Waals surface area contributed by atoms with Crippen LogP contribution in [0.4, 0.5) is 0 Å². The van der Waals surface area contributed by atoms with E-state index in [1.165, 1.54) is 17.6 Å². The lowest BCUT2D eigenvalue weighted by molar-refractivity contribution is 0.0537. The Labute approximate surface area is 138 Å². The van der Waals surface area contributed by atoms with Gasteiger partial charge in [0.15, 0.2) is 0 Å². The fourth-order valence-corrected chi connectivity index (χ4v) is 3.44. The first-order chi connectivity index (χ1) is 11.1. The summed E-state index contributed by atoms with van der Waals surface area (Å²) in [5, 5.41) is 0. The maximum atomic E-state index is 12.4. The molecule has 2 N–H and O–H groups in total. The first kappa shape index (κ1) is 15.8. The quantitative estimate of drug-likeness (QED) is 0.927. The molecule has 2 amide bonds. The Bertz CT molecular complexity index is 714. The molecule has 3 rings (SSSR count). The number of aryl methyl sites for hydroxylation is 1. The number of thiophene rings is 1. The smallest absolute Gasteiger partial charge is 0.264 e. The molecule has 0 aliphatic carbocycles. The molecular formula is C16H19N3O3S. The van der Waals surface area contributed by atoms with Crippen LogP contribution in [0, 0.1) is 6.92 Å². The SMILES string of the molecule is Cc1ccc(C(=O)N2CCN(C(=O)c3coc(CN)c3)CC2)s1. The zero-order chi connectivity index (χ0) is 16.4. The van der Waals surface area contributed by atoms with Crippen LogP contribution in [0.15, 0.2) is 28.9 Å². The Morgan fingerprint density at radius 2 is 1.83 bits per heavy atom. The van der Waals surface area contributed by atoms with Crippen molar-refractivity contribution in [3.63, 3.8) is 0 Å². The fraction of sp³-hybridized carbons (Fsp3) is 0.375. The standard InChI is InChI=1S/C16H19N3O3S/c1-11-2-3-14(23-11)16(21)19-6-4-18(5-7-19)15(20)12-8-13(9-17)22-10-12/h2-3,8,10H,4-7,9,17H2,1H3. The van der Waals surface area contributed by atoms with Gasteiger partial charge in [0.05, 0.1) is 17.0 Å². The van der Waals surface area contributed by atoms with E-state index in [4.69, 9.17) is 10.2 Å². The van der Waals surface area contributed by atoms with E-state index in [0.717, 1.165) is 9.75 Å². The number of hydrogen-bond acceptors (Lipinski definition) is 5. The van der Waals surface area contributed by atoms with Crippen LogP contribution in [0.2, 0.25) is 0 Å². The van der Waals surface area contributed by atoms with Crippen molar-refractivity contribution in [2.75, 3.05) is 26.2 Å². The highest BCUT2D eigenvalue weighted by molar-refractivity contribution is 7.13. The van der Waals surface area contributed by atoms with Crippen LogP contribution in [-0.2, 0) is 6.54 Å². The van der Waals surface area contributed by atoms with Crippen molar-refractivity contribution in [3.05, 3.63) is 45.5 Å². The van der Waals surface area contributed by atoms with Crippen LogP contribution in [0.5, 0.6) is 0 Å². The maximum absolute atomic E-state index is 12.4. The minimum Gasteiger partial charge on any atom is -0.467 e. The molecule has 0 spiro atoms. The minimum atomic E-state index is -0.0764. The van der Waals surface area contributed by atoms with E-state index in [1.54, 1.807) is 15.9 Å². The van der Waals surface area contributed by atoms with Crippen molar-refractivity contribution >= 4 is 23.2 Å². The number of rotatable bonds is 3. The first-order valence-electron chi connectivity index (χ1n) is 7.51. The summed E-state index contributed by atoms with van der Waals surface area (Å²) >= 11 is 1.50. The second-order valence-electron chi connectivity index (χ2n) is 5.50. The third-order valence-corrected chi connectivity index (χ3v) is 4.90. The first-order valence-corrected chi connectivity index (χ1v) is 8.32. The van der Waals surface area contributed by atoms with Gasteiger partial charge in [0.1, 0.15) is 12.0 Å². The lowest BCUT2D eigenvalue weighted by Gasteiger charge is -2.34. The van der Waals surface area contributed by atoms with Crippen molar-refractivity contribution in [3.8, 4) is 0 Å². The van der Waals surface area contributed by atoms with Gasteiger partial charge in [-0.3, -0.25) is 9.59 Å². The zero-order valence-electron chi connectivity index (χ0n) is 12.9. The van der Waals surface area contributed by atoms with Gasteiger partial charge in [-0.2, -0.15) is 0 Å². The molecule has 0 atom stereocenters. The Morgan fingerprint density at radius 3 is 2.35 bits per heavy atom. The van der Waals surface area contributed by atoms with Crippen molar-refractivity contribution in [2.24, 2.45) is 5.73 Å². The summed E-state index contributed by atoms with van der Waals surface area (Å²) in [7, 11) is 0. The van der Waals surface area contributed by atoms with E-state index < -0.39 is 0 Å². The lowest BCUT2D eigenvalue weighted by Crippen LogP contribution is -2.50. The summed E-state index contributed by atoms with van der Waals surface area (Å²) in [6.45, 7) is 4.40. The van der Waals surface area contributed by atoms with Crippen LogP contribution in [0.3, 0.4) is 0 Å². The summed E-state index contributed by atoms with van der Waals surface area (Å²) in [4.78, 5) is 30.2. The van der Waals surface area contributed by atoms with E-state index in [-0.39, 0.29) is 18.4 Å². The molecule has 6 nitrogen and oxygen atoms in total. The summed E-state index contributed by atoms with van der Waals surface area (Å²) < 4.78 is 5.21. The van der Waals surface area contributed by atoms with Gasteiger partial charge in [0, 0.05) is 31.1 Å². The highest BCUT2D eigenvalue weighted by atomic mass is 32.1. The molecule has 0 aromatic carbocycles. The van der Waals surface area contributed by atoms with E-state index >= 15 is 0 Å². The lowest BCUT2D eigenvalue weighted by atomic mass is 10.2. The van der Waals surface area contributed by atoms with Gasteiger partial charge < -0.3 is 20.0 Å². The molecule has 0 bridgehead atoms. The topological polar surface area (TPSA) is 79.8 Å². The number of carbonyl (C=O) groups excluding carboxylic acids is 2. The molecule has 1 saturated heterocycles. The molecule has 3 heterocycles. The molecule has 1 aliphatic heterocycles. The van der Waals surface area contributed by atoms with Gasteiger partial charge in [-0.25, -0.2) is 0 Å². The van der Waals surface area contributed by atoms with Crippen molar-refractivity contribution in [2.45, 2.75) is 13.5 Å². The molecule has 0 saturated carbocycles. The Balaban J connectivity index is 1.59. The van der Waals surface area contributed by atoms with E-state index in [2.05, 4.69) is 0 Å². The van der Waals surface area contributed by atoms with Crippen LogP contribution >= 0.6 is 11.3 Å². The molecule has 122 valence electrons. The third kappa shape index (κ3) is 3.30. The van der Waals surface area contributed by atoms with Crippen LogP contribution < -0.4 is 5.73 Å². The second-order valence-corrected chi connectivity index (χ2v) is 6.79. The van der Waals surface area contributed by atoms with Crippen molar-refractivity contribution in [1.29, 1.82) is 0 Å². The highest BCUT2D eigenvalue weighted by Gasteiger charge is 2.26. The summed E-state index contributed by atoms with van der Waals surface area (Å²) in [6.07, 6.45) is 1.44. The number of furan rings is 1. The van der Waals surface area contributed by atoms with Gasteiger partial charge >= 0.3 is 0 Å². The number of carbonyl (C=O) groups is 2. The molecule has 1 fully saturated rings. The van der Waals surface area contributed by atoms with Gasteiger partial charge in [-0.15, -0.1) is 11.3 Å². The normalized spacial score (nSPS) is 15.0. The number of nitrogens with zero attached hydrogens (tertiary/aromatic N) is 2. The second kappa shape index (κ2) is 6.55. The van der Waals surface area contributed by atoms with E-state index in [0.29, 0.717) is 37.5 Å². The van der Waals surface area contributed by atoms with Gasteiger partial charge in [0.2, 0.25) is 0 Å². The number of piperazine rings is 1. The average Bonchev–Trinajstić information content (AvgIpc) is 3.22. The summed E-state index contributed by atoms with van der Waals surface area (Å²) in [6, 6.07) is 5.49. The van der Waals surface area contributed by atoms with E-state index in [1.807, 2.05) is 19.1 Å². The molecule has 2 aromatic heterocycles. The van der Waals surface area contributed by atoms with Crippen LogP contribution in [0.1, 0.15) is 30.7 Å². The Hall–Kier alpha value is -2.12. The van der Waals surface area contributed by atoms with Gasteiger partial charge in [0.25, 0.3) is 11.8 Å². The summed E-state index contributed by atoms with van der Waals surface area (Å²) in [5.74, 6) is 0.562. The summed E-state index contributed by atoms with van der Waals surface area (Å²) in [5.41, 5.74) is 6.00. The molecule has 0 radical (unpaired) electrons. The van der Waals surface area contributed by atoms with Gasteiger partial charge in [-0.1, -0.05) is 0 Å². The molecule has 23 heavy (non-hydrogen) atoms. The minimum absolute atomic E-state index is 0.0453. The maximum Gasteiger partial charge on any atom is 0.264 e. The van der Waals surface area contributed by atoms with Crippen LogP contribution in [-0.4, -0.2) is 47.8 Å². The van der Waals surface area contributed by atoms with Crippen molar-refractivity contribution < 1.29 is 14.0 Å². The number of amides is 2. The highest BCUT2D eigenvalue weighted by Crippen LogP contribution is 2.19. The zero-order valence-corrected chi connectivity index (χ0v) is 13.8. The molecular weight excluding hydrogens is 314 g/mol. The predicted octanol–water partition coefficient (Wildman–Crippen LogP) is 1.71. The van der Waals surface area contributed by atoms with E-state index in [9.17, 15) is 9.59 Å². The molecule has 2 aromatic rings. The Kier molecular flexibility index (Phi) is 4.49. The van der Waals surface area contributed by atoms with Gasteiger partial charge in [-0.05, 0) is 25.1 Å². The third-order valence-electron chi connectivity index (χ3n) is 3.91. The predicted molar refractivity (Wildman–Crippen MR) is 87.5 cm³/mol. The molecule has 0 unspecified atom stereocenters. The molecule has 1 aliphatic rings.